The number of hydrogen-bond donors (Lipinski definition) is 0. The van der Waals surface area contributed by atoms with Crippen LogP contribution in [-0.4, -0.2) is 7.11 Å². The zero-order valence-corrected chi connectivity index (χ0v) is 7.68. The van der Waals surface area contributed by atoms with Gasteiger partial charge in [0.05, 0.1) is 12.0 Å². The maximum absolute atomic E-state index is 13.1. The average molecular weight is 211 g/mol. The molecule has 1 aromatic rings. The van der Waals surface area contributed by atoms with Crippen molar-refractivity contribution in [3.8, 4) is 5.75 Å². The fraction of sp³-hybridized carbons (Fsp3) is 0.143. The number of halogens is 3. The van der Waals surface area contributed by atoms with Crippen LogP contribution in [0.15, 0.2) is 17.0 Å². The molecule has 1 aromatic carbocycles. The van der Waals surface area contributed by atoms with E-state index < -0.39 is 11.6 Å². The Hall–Kier alpha value is -0.480. The quantitative estimate of drug-likeness (QED) is 0.741. The van der Waals surface area contributed by atoms with Crippen LogP contribution in [0, 0.1) is 11.6 Å². The third-order valence-electron chi connectivity index (χ3n) is 1.31. The highest BCUT2D eigenvalue weighted by molar-refractivity contribution is 8.21. The van der Waals surface area contributed by atoms with Gasteiger partial charge < -0.3 is 4.74 Å². The van der Waals surface area contributed by atoms with E-state index in [1.54, 1.807) is 0 Å². The summed E-state index contributed by atoms with van der Waals surface area (Å²) in [6.07, 6.45) is 0. The normalized spacial score (nSPS) is 10.0. The van der Waals surface area contributed by atoms with Gasteiger partial charge in [0.2, 0.25) is 0 Å². The van der Waals surface area contributed by atoms with Crippen molar-refractivity contribution in [3.63, 3.8) is 0 Å². The van der Waals surface area contributed by atoms with Crippen molar-refractivity contribution in [1.29, 1.82) is 0 Å². The van der Waals surface area contributed by atoms with E-state index >= 15 is 0 Å². The summed E-state index contributed by atoms with van der Waals surface area (Å²) in [5.41, 5.74) is 0. The van der Waals surface area contributed by atoms with Crippen LogP contribution in [0.5, 0.6) is 5.75 Å². The van der Waals surface area contributed by atoms with Crippen molar-refractivity contribution in [2.45, 2.75) is 4.90 Å². The summed E-state index contributed by atoms with van der Waals surface area (Å²) in [6.45, 7) is 0. The minimum Gasteiger partial charge on any atom is -0.494 e. The highest BCUT2D eigenvalue weighted by Gasteiger charge is 2.13. The first-order valence-corrected chi connectivity index (χ1v) is 4.65. The zero-order valence-electron chi connectivity index (χ0n) is 6.11. The highest BCUT2D eigenvalue weighted by Crippen LogP contribution is 2.32. The summed E-state index contributed by atoms with van der Waals surface area (Å²) in [7, 11) is 7.05. The molecule has 0 amide bonds. The predicted octanol–water partition coefficient (Wildman–Crippen LogP) is 3.22. The molecule has 0 atom stereocenters. The summed E-state index contributed by atoms with van der Waals surface area (Å²) >= 11 is 0. The van der Waals surface area contributed by atoms with Crippen LogP contribution >= 0.6 is 21.7 Å². The van der Waals surface area contributed by atoms with Crippen LogP contribution in [0.2, 0.25) is 0 Å². The molecule has 0 radical (unpaired) electrons. The van der Waals surface area contributed by atoms with Gasteiger partial charge in [-0.3, -0.25) is 0 Å². The standard InChI is InChI=1S/C7H5ClF2OS/c1-11-5-3-2-4(9)7(12-8)6(5)10/h2-3H,1H3. The monoisotopic (exact) mass is 210 g/mol. The van der Waals surface area contributed by atoms with Crippen LogP contribution in [0.1, 0.15) is 0 Å². The van der Waals surface area contributed by atoms with E-state index in [1.165, 1.54) is 13.2 Å². The first-order chi connectivity index (χ1) is 5.70. The number of ether oxygens (including phenoxy) is 1. The molecular formula is C7H5ClF2OS. The molecule has 0 aliphatic heterocycles. The summed E-state index contributed by atoms with van der Waals surface area (Å²) in [4.78, 5) is -0.240. The molecule has 12 heavy (non-hydrogen) atoms. The van der Waals surface area contributed by atoms with Crippen molar-refractivity contribution < 1.29 is 13.5 Å². The first kappa shape index (κ1) is 9.61. The van der Waals surface area contributed by atoms with Gasteiger partial charge in [-0.05, 0) is 33.8 Å². The third-order valence-corrected chi connectivity index (χ3v) is 2.30. The van der Waals surface area contributed by atoms with Crippen LogP contribution in [0.4, 0.5) is 8.78 Å². The van der Waals surface area contributed by atoms with Crippen molar-refractivity contribution in [2.75, 3.05) is 7.11 Å². The lowest BCUT2D eigenvalue weighted by Gasteiger charge is -2.04. The fourth-order valence-corrected chi connectivity index (χ4v) is 1.48. The van der Waals surface area contributed by atoms with E-state index in [0.717, 1.165) is 6.07 Å². The van der Waals surface area contributed by atoms with Crippen LogP contribution < -0.4 is 4.74 Å². The lowest BCUT2D eigenvalue weighted by atomic mass is 10.3. The van der Waals surface area contributed by atoms with Crippen LogP contribution in [-0.2, 0) is 0 Å². The van der Waals surface area contributed by atoms with E-state index in [4.69, 9.17) is 10.7 Å². The summed E-state index contributed by atoms with van der Waals surface area (Å²) in [5, 5.41) is 0. The average Bonchev–Trinajstić information content (AvgIpc) is 2.06. The Morgan fingerprint density at radius 1 is 1.42 bits per heavy atom. The largest absolute Gasteiger partial charge is 0.494 e. The Bertz CT molecular complexity index is 293. The van der Waals surface area contributed by atoms with Crippen molar-refractivity contribution in [1.82, 2.24) is 0 Å². The molecule has 0 fully saturated rings. The molecule has 0 heterocycles. The number of methoxy groups -OCH3 is 1. The Kier molecular flexibility index (Phi) is 3.17. The molecule has 0 saturated heterocycles. The van der Waals surface area contributed by atoms with E-state index in [9.17, 15) is 8.78 Å². The SMILES string of the molecule is COc1ccc(F)c(SCl)c1F. The molecule has 0 saturated carbocycles. The van der Waals surface area contributed by atoms with Gasteiger partial charge in [-0.15, -0.1) is 0 Å². The van der Waals surface area contributed by atoms with Gasteiger partial charge in [0, 0.05) is 0 Å². The Balaban J connectivity index is 3.24. The van der Waals surface area contributed by atoms with E-state index in [2.05, 4.69) is 4.74 Å². The molecule has 0 aromatic heterocycles. The van der Waals surface area contributed by atoms with Gasteiger partial charge in [-0.25, -0.2) is 8.78 Å². The lowest BCUT2D eigenvalue weighted by Crippen LogP contribution is -1.92. The summed E-state index contributed by atoms with van der Waals surface area (Å²) < 4.78 is 30.5. The zero-order chi connectivity index (χ0) is 9.14. The predicted molar refractivity (Wildman–Crippen MR) is 44.6 cm³/mol. The van der Waals surface area contributed by atoms with Crippen molar-refractivity contribution >= 4 is 21.7 Å². The molecule has 66 valence electrons. The fourth-order valence-electron chi connectivity index (χ4n) is 0.743. The molecular weight excluding hydrogens is 206 g/mol. The lowest BCUT2D eigenvalue weighted by molar-refractivity contribution is 0.376. The summed E-state index contributed by atoms with van der Waals surface area (Å²) in [6, 6.07) is 2.31. The molecule has 0 spiro atoms. The maximum atomic E-state index is 13.1. The first-order valence-electron chi connectivity index (χ1n) is 3.01. The Morgan fingerprint density at radius 3 is 2.58 bits per heavy atom. The highest BCUT2D eigenvalue weighted by atomic mass is 35.7. The van der Waals surface area contributed by atoms with E-state index in [0.29, 0.717) is 11.0 Å². The second kappa shape index (κ2) is 3.96. The molecule has 0 bridgehead atoms. The van der Waals surface area contributed by atoms with Crippen molar-refractivity contribution in [3.05, 3.63) is 23.8 Å². The van der Waals surface area contributed by atoms with E-state index in [-0.39, 0.29) is 10.6 Å². The molecule has 1 rings (SSSR count). The molecule has 0 aliphatic carbocycles. The molecule has 5 heteroatoms. The van der Waals surface area contributed by atoms with Gasteiger partial charge in [0.25, 0.3) is 0 Å². The smallest absolute Gasteiger partial charge is 0.182 e. The van der Waals surface area contributed by atoms with E-state index in [1.807, 2.05) is 0 Å². The molecule has 0 N–H and O–H groups in total. The molecule has 0 aliphatic rings. The second-order valence-electron chi connectivity index (χ2n) is 1.97. The van der Waals surface area contributed by atoms with Gasteiger partial charge in [0.15, 0.2) is 11.6 Å². The maximum Gasteiger partial charge on any atom is 0.182 e. The molecule has 1 nitrogen and oxygen atoms in total. The number of rotatable bonds is 2. The summed E-state index contributed by atoms with van der Waals surface area (Å²) in [5.74, 6) is -1.47. The minimum absolute atomic E-state index is 0.0143. The Labute approximate surface area is 77.2 Å². The topological polar surface area (TPSA) is 9.23 Å². The van der Waals surface area contributed by atoms with Crippen LogP contribution in [0.25, 0.3) is 0 Å². The Morgan fingerprint density at radius 2 is 2.08 bits per heavy atom. The molecule has 0 unspecified atom stereocenters. The number of hydrogen-bond acceptors (Lipinski definition) is 2. The van der Waals surface area contributed by atoms with Gasteiger partial charge >= 0.3 is 0 Å². The minimum atomic E-state index is -0.766. The second-order valence-corrected chi connectivity index (χ2v) is 3.00. The van der Waals surface area contributed by atoms with Crippen LogP contribution in [0.3, 0.4) is 0 Å². The number of benzene rings is 1. The van der Waals surface area contributed by atoms with Gasteiger partial charge in [-0.2, -0.15) is 0 Å². The third kappa shape index (κ3) is 1.64. The van der Waals surface area contributed by atoms with Gasteiger partial charge in [-0.1, -0.05) is 0 Å². The van der Waals surface area contributed by atoms with Crippen molar-refractivity contribution in [2.24, 2.45) is 0 Å². The van der Waals surface area contributed by atoms with Gasteiger partial charge in [0.1, 0.15) is 5.82 Å².